The van der Waals surface area contributed by atoms with Crippen molar-refractivity contribution in [1.82, 2.24) is 4.90 Å². The second-order valence-electron chi connectivity index (χ2n) is 12.4. The molecule has 1 aliphatic heterocycles. The molecule has 1 fully saturated rings. The number of rotatable bonds is 7. The van der Waals surface area contributed by atoms with Gasteiger partial charge in [0.15, 0.2) is 22.7 Å². The minimum absolute atomic E-state index is 0.0451. The molecule has 2 rings (SSSR count). The molecule has 1 saturated heterocycles. The predicted octanol–water partition coefficient (Wildman–Crippen LogP) is 5.96. The Kier molecular flexibility index (Phi) is 9.07. The van der Waals surface area contributed by atoms with Crippen LogP contribution in [0.15, 0.2) is 30.3 Å². The molecule has 0 spiro atoms. The van der Waals surface area contributed by atoms with Crippen LogP contribution in [0, 0.1) is 0 Å². The van der Waals surface area contributed by atoms with Gasteiger partial charge in [0.25, 0.3) is 0 Å². The summed E-state index contributed by atoms with van der Waals surface area (Å²) in [5, 5.41) is -0.132. The van der Waals surface area contributed by atoms with Crippen molar-refractivity contribution in [1.29, 1.82) is 0 Å². The maximum atomic E-state index is 13.3. The summed E-state index contributed by atoms with van der Waals surface area (Å²) in [5.74, 6) is -0.522. The van der Waals surface area contributed by atoms with Crippen molar-refractivity contribution in [3.05, 3.63) is 35.9 Å². The average molecular weight is 524 g/mol. The highest BCUT2D eigenvalue weighted by Gasteiger charge is 2.55. The van der Waals surface area contributed by atoms with Crippen molar-refractivity contribution in [3.8, 4) is 0 Å². The lowest BCUT2D eigenvalue weighted by Crippen LogP contribution is -2.55. The van der Waals surface area contributed by atoms with E-state index in [0.717, 1.165) is 5.56 Å². The summed E-state index contributed by atoms with van der Waals surface area (Å²) in [6, 6.07) is 8.53. The predicted molar refractivity (Wildman–Crippen MR) is 143 cm³/mol. The van der Waals surface area contributed by atoms with E-state index >= 15 is 0 Å². The van der Waals surface area contributed by atoms with Crippen molar-refractivity contribution in [3.63, 3.8) is 0 Å². The standard InChI is InChI=1S/C26H45NO6Si2/c1-25(2,3)34(8,9)32-20-17-27(24(29)31-18-19-15-13-12-14-16-19)21(23(28)30-7)22(20)33-35(10,11)26(4,5)6/h12-16,20-22H,17-18H2,1-11H3/t20-,21-,22-/m1/s1. The van der Waals surface area contributed by atoms with Gasteiger partial charge in [-0.2, -0.15) is 0 Å². The van der Waals surface area contributed by atoms with Gasteiger partial charge in [0.1, 0.15) is 12.7 Å². The summed E-state index contributed by atoms with van der Waals surface area (Å²) in [7, 11) is -3.22. The van der Waals surface area contributed by atoms with Crippen LogP contribution in [0.5, 0.6) is 0 Å². The minimum Gasteiger partial charge on any atom is -0.467 e. The van der Waals surface area contributed by atoms with Gasteiger partial charge < -0.3 is 18.3 Å². The van der Waals surface area contributed by atoms with E-state index in [1.54, 1.807) is 0 Å². The molecule has 0 aromatic heterocycles. The van der Waals surface area contributed by atoms with E-state index in [4.69, 9.17) is 18.3 Å². The SMILES string of the molecule is COC(=O)[C@H]1[C@H](O[Si](C)(C)C(C)(C)C)[C@H](O[Si](C)(C)C(C)(C)C)CN1C(=O)OCc1ccccc1. The van der Waals surface area contributed by atoms with Crippen LogP contribution >= 0.6 is 0 Å². The van der Waals surface area contributed by atoms with Crippen LogP contribution in [-0.2, 0) is 29.7 Å². The highest BCUT2D eigenvalue weighted by Crippen LogP contribution is 2.43. The normalized spacial score (nSPS) is 21.7. The maximum Gasteiger partial charge on any atom is 0.411 e. The van der Waals surface area contributed by atoms with E-state index in [1.165, 1.54) is 12.0 Å². The summed E-state index contributed by atoms with van der Waals surface area (Å²) >= 11 is 0. The van der Waals surface area contributed by atoms with Crippen molar-refractivity contribution < 1.29 is 27.9 Å². The van der Waals surface area contributed by atoms with Gasteiger partial charge in [-0.05, 0) is 41.8 Å². The molecule has 0 aliphatic carbocycles. The van der Waals surface area contributed by atoms with Crippen LogP contribution < -0.4 is 0 Å². The quantitative estimate of drug-likeness (QED) is 0.324. The number of nitrogens with zero attached hydrogens (tertiary/aromatic N) is 1. The highest BCUT2D eigenvalue weighted by molar-refractivity contribution is 6.74. The third-order valence-corrected chi connectivity index (χ3v) is 16.7. The highest BCUT2D eigenvalue weighted by atomic mass is 28.4. The number of amides is 1. The Hall–Kier alpha value is -1.69. The van der Waals surface area contributed by atoms with E-state index in [-0.39, 0.29) is 23.2 Å². The van der Waals surface area contributed by atoms with Gasteiger partial charge >= 0.3 is 12.1 Å². The third-order valence-electron chi connectivity index (χ3n) is 7.76. The van der Waals surface area contributed by atoms with E-state index in [0.29, 0.717) is 0 Å². The summed E-state index contributed by atoms with van der Waals surface area (Å²) in [4.78, 5) is 27.8. The third kappa shape index (κ3) is 6.96. The fourth-order valence-corrected chi connectivity index (χ4v) is 6.12. The molecule has 0 N–H and O–H groups in total. The molecule has 1 aromatic rings. The van der Waals surface area contributed by atoms with Crippen molar-refractivity contribution in [2.75, 3.05) is 13.7 Å². The Balaban J connectivity index is 2.42. The molecule has 1 heterocycles. The molecular weight excluding hydrogens is 478 g/mol. The van der Waals surface area contributed by atoms with Crippen LogP contribution in [0.25, 0.3) is 0 Å². The largest absolute Gasteiger partial charge is 0.467 e. The van der Waals surface area contributed by atoms with Gasteiger partial charge in [-0.1, -0.05) is 71.9 Å². The van der Waals surface area contributed by atoms with Gasteiger partial charge in [-0.15, -0.1) is 0 Å². The van der Waals surface area contributed by atoms with Crippen LogP contribution in [0.2, 0.25) is 36.3 Å². The molecule has 1 amide bonds. The summed E-state index contributed by atoms with van der Waals surface area (Å²) in [6.07, 6.45) is -1.67. The zero-order valence-electron chi connectivity index (χ0n) is 23.4. The zero-order valence-corrected chi connectivity index (χ0v) is 25.4. The molecule has 7 nitrogen and oxygen atoms in total. The molecule has 198 valence electrons. The number of benzene rings is 1. The number of likely N-dealkylation sites (tertiary alicyclic amines) is 1. The number of methoxy groups -OCH3 is 1. The second-order valence-corrected chi connectivity index (χ2v) is 21.9. The molecule has 9 heteroatoms. The Bertz CT molecular complexity index is 876. The Morgan fingerprint density at radius 1 is 0.914 bits per heavy atom. The van der Waals surface area contributed by atoms with Crippen LogP contribution in [0.4, 0.5) is 4.79 Å². The fourth-order valence-electron chi connectivity index (χ4n) is 3.48. The maximum absolute atomic E-state index is 13.3. The number of hydrogen-bond donors (Lipinski definition) is 0. The van der Waals surface area contributed by atoms with E-state index in [9.17, 15) is 9.59 Å². The lowest BCUT2D eigenvalue weighted by molar-refractivity contribution is -0.148. The van der Waals surface area contributed by atoms with Gasteiger partial charge in [-0.25, -0.2) is 9.59 Å². The topological polar surface area (TPSA) is 74.3 Å². The Morgan fingerprint density at radius 3 is 1.91 bits per heavy atom. The molecule has 3 atom stereocenters. The number of ether oxygens (including phenoxy) is 2. The Labute approximate surface area is 213 Å². The lowest BCUT2D eigenvalue weighted by atomic mass is 10.1. The molecule has 35 heavy (non-hydrogen) atoms. The first kappa shape index (κ1) is 29.5. The molecule has 0 unspecified atom stereocenters. The summed E-state index contributed by atoms with van der Waals surface area (Å²) in [5.41, 5.74) is 0.873. The first-order valence-corrected chi connectivity index (χ1v) is 18.1. The van der Waals surface area contributed by atoms with Gasteiger partial charge in [0, 0.05) is 0 Å². The van der Waals surface area contributed by atoms with Crippen molar-refractivity contribution in [2.24, 2.45) is 0 Å². The molecule has 0 bridgehead atoms. The van der Waals surface area contributed by atoms with E-state index in [2.05, 4.69) is 67.7 Å². The van der Waals surface area contributed by atoms with Crippen LogP contribution in [0.3, 0.4) is 0 Å². The average Bonchev–Trinajstić information content (AvgIpc) is 3.07. The molecule has 1 aromatic carbocycles. The number of hydrogen-bond acceptors (Lipinski definition) is 6. The van der Waals surface area contributed by atoms with Crippen LogP contribution in [0.1, 0.15) is 47.1 Å². The van der Waals surface area contributed by atoms with E-state index in [1.807, 2.05) is 30.3 Å². The Morgan fingerprint density at radius 2 is 1.43 bits per heavy atom. The van der Waals surface area contributed by atoms with Gasteiger partial charge in [-0.3, -0.25) is 4.90 Å². The summed E-state index contributed by atoms with van der Waals surface area (Å²) < 4.78 is 24.4. The summed E-state index contributed by atoms with van der Waals surface area (Å²) in [6.45, 7) is 21.9. The van der Waals surface area contributed by atoms with Crippen molar-refractivity contribution in [2.45, 2.75) is 103 Å². The van der Waals surface area contributed by atoms with E-state index < -0.39 is 46.9 Å². The smallest absolute Gasteiger partial charge is 0.411 e. The number of carbonyl (C=O) groups is 2. The number of esters is 1. The van der Waals surface area contributed by atoms with Crippen molar-refractivity contribution >= 4 is 28.7 Å². The first-order valence-electron chi connectivity index (χ1n) is 12.3. The van der Waals surface area contributed by atoms with Gasteiger partial charge in [0.05, 0.1) is 19.8 Å². The lowest BCUT2D eigenvalue weighted by Gasteiger charge is -2.43. The monoisotopic (exact) mass is 523 g/mol. The molecular formula is C26H45NO6Si2. The fraction of sp³-hybridized carbons (Fsp3) is 0.692. The van der Waals surface area contributed by atoms with Crippen LogP contribution in [-0.4, -0.2) is 65.5 Å². The zero-order chi connectivity index (χ0) is 26.8. The minimum atomic E-state index is -2.32. The second kappa shape index (κ2) is 10.7. The number of carbonyl (C=O) groups excluding carboxylic acids is 2. The molecule has 0 radical (unpaired) electrons. The molecule has 0 saturated carbocycles. The van der Waals surface area contributed by atoms with Gasteiger partial charge in [0.2, 0.25) is 0 Å². The molecule has 1 aliphatic rings. The first-order chi connectivity index (χ1) is 15.9.